The van der Waals surface area contributed by atoms with E-state index in [4.69, 9.17) is 0 Å². The maximum atomic E-state index is 11.7. The van der Waals surface area contributed by atoms with Gasteiger partial charge in [0.1, 0.15) is 5.69 Å². The van der Waals surface area contributed by atoms with Gasteiger partial charge in [-0.15, -0.1) is 11.3 Å². The Morgan fingerprint density at radius 2 is 2.33 bits per heavy atom. The molecule has 0 saturated heterocycles. The van der Waals surface area contributed by atoms with Crippen LogP contribution in [0.2, 0.25) is 0 Å². The van der Waals surface area contributed by atoms with Crippen molar-refractivity contribution in [2.24, 2.45) is 0 Å². The monoisotopic (exact) mass is 290 g/mol. The summed E-state index contributed by atoms with van der Waals surface area (Å²) in [7, 11) is 1.83. The summed E-state index contributed by atoms with van der Waals surface area (Å²) in [6.45, 7) is 0.809. The van der Waals surface area contributed by atoms with Gasteiger partial charge >= 0.3 is 0 Å². The summed E-state index contributed by atoms with van der Waals surface area (Å²) in [5.41, 5.74) is 2.24. The van der Waals surface area contributed by atoms with Crippen molar-refractivity contribution in [3.05, 3.63) is 16.6 Å². The Morgan fingerprint density at radius 1 is 1.53 bits per heavy atom. The minimum atomic E-state index is 0.0232. The van der Waals surface area contributed by atoms with Gasteiger partial charge in [0.05, 0.1) is 5.51 Å². The number of hydrogen-bond donors (Lipinski definition) is 0. The maximum Gasteiger partial charge on any atom is 0.273 e. The molecule has 3 nitrogen and oxygen atoms in total. The highest BCUT2D eigenvalue weighted by atomic mass is 79.9. The highest BCUT2D eigenvalue weighted by molar-refractivity contribution is 9.09. The van der Waals surface area contributed by atoms with Gasteiger partial charge in [0.15, 0.2) is 0 Å². The van der Waals surface area contributed by atoms with Gasteiger partial charge in [-0.1, -0.05) is 22.4 Å². The average Bonchev–Trinajstić information content (AvgIpc) is 2.76. The molecule has 15 heavy (non-hydrogen) atoms. The molecule has 0 N–H and O–H groups in total. The van der Waals surface area contributed by atoms with Crippen LogP contribution in [0.15, 0.2) is 10.9 Å². The first kappa shape index (κ1) is 12.6. The highest BCUT2D eigenvalue weighted by Crippen LogP contribution is 2.06. The van der Waals surface area contributed by atoms with Crippen LogP contribution in [0.5, 0.6) is 0 Å². The second-order valence-electron chi connectivity index (χ2n) is 3.35. The number of unbranched alkanes of at least 4 members (excludes halogenated alkanes) is 2. The van der Waals surface area contributed by atoms with Crippen LogP contribution in [-0.4, -0.2) is 34.7 Å². The van der Waals surface area contributed by atoms with E-state index in [0.717, 1.165) is 24.7 Å². The molecule has 0 aliphatic carbocycles. The number of amides is 1. The predicted octanol–water partition coefficient (Wildman–Crippen LogP) is 2.78. The normalized spacial score (nSPS) is 10.3. The van der Waals surface area contributed by atoms with E-state index in [-0.39, 0.29) is 5.91 Å². The lowest BCUT2D eigenvalue weighted by atomic mass is 10.2. The van der Waals surface area contributed by atoms with Crippen molar-refractivity contribution < 1.29 is 4.79 Å². The second kappa shape index (κ2) is 6.95. The number of nitrogens with zero attached hydrogens (tertiary/aromatic N) is 2. The molecule has 0 fully saturated rings. The third-order valence-electron chi connectivity index (χ3n) is 2.13. The lowest BCUT2D eigenvalue weighted by Gasteiger charge is -2.15. The fourth-order valence-electron chi connectivity index (χ4n) is 1.24. The zero-order chi connectivity index (χ0) is 11.1. The molecule has 1 rings (SSSR count). The number of carbonyl (C=O) groups is 1. The molecule has 1 aromatic heterocycles. The Balaban J connectivity index is 2.28. The number of halogens is 1. The summed E-state index contributed by atoms with van der Waals surface area (Å²) in [5.74, 6) is 0.0232. The molecule has 1 heterocycles. The largest absolute Gasteiger partial charge is 0.340 e. The number of aromatic nitrogens is 1. The van der Waals surface area contributed by atoms with Crippen molar-refractivity contribution in [2.45, 2.75) is 19.3 Å². The Morgan fingerprint density at radius 3 is 2.93 bits per heavy atom. The lowest BCUT2D eigenvalue weighted by molar-refractivity contribution is 0.0788. The van der Waals surface area contributed by atoms with Crippen molar-refractivity contribution in [1.82, 2.24) is 9.88 Å². The topological polar surface area (TPSA) is 33.2 Å². The molecule has 84 valence electrons. The Labute approximate surface area is 103 Å². The Hall–Kier alpha value is -0.420. The molecule has 0 atom stereocenters. The van der Waals surface area contributed by atoms with Crippen molar-refractivity contribution in [2.75, 3.05) is 18.9 Å². The first-order valence-corrected chi connectivity index (χ1v) is 7.01. The van der Waals surface area contributed by atoms with Crippen LogP contribution >= 0.6 is 27.3 Å². The number of carbonyl (C=O) groups excluding carboxylic acids is 1. The zero-order valence-electron chi connectivity index (χ0n) is 8.78. The summed E-state index contributed by atoms with van der Waals surface area (Å²) < 4.78 is 0. The van der Waals surface area contributed by atoms with Crippen LogP contribution in [0.25, 0.3) is 0 Å². The number of hydrogen-bond acceptors (Lipinski definition) is 3. The van der Waals surface area contributed by atoms with Gasteiger partial charge in [0.2, 0.25) is 0 Å². The summed E-state index contributed by atoms with van der Waals surface area (Å²) >= 11 is 4.84. The van der Waals surface area contributed by atoms with Crippen LogP contribution in [0.1, 0.15) is 29.8 Å². The van der Waals surface area contributed by atoms with Crippen molar-refractivity contribution in [3.8, 4) is 0 Å². The number of rotatable bonds is 6. The molecule has 0 unspecified atom stereocenters. The van der Waals surface area contributed by atoms with Gasteiger partial charge in [0, 0.05) is 24.3 Å². The van der Waals surface area contributed by atoms with Gasteiger partial charge in [-0.3, -0.25) is 4.79 Å². The predicted molar refractivity (Wildman–Crippen MR) is 66.7 cm³/mol. The molecule has 0 aromatic carbocycles. The SMILES string of the molecule is CN(CCCCCBr)C(=O)c1cscn1. The van der Waals surface area contributed by atoms with E-state index >= 15 is 0 Å². The minimum Gasteiger partial charge on any atom is -0.340 e. The molecular formula is C10H15BrN2OS. The fourth-order valence-corrected chi connectivity index (χ4v) is 2.16. The smallest absolute Gasteiger partial charge is 0.273 e. The van der Waals surface area contributed by atoms with Crippen molar-refractivity contribution in [3.63, 3.8) is 0 Å². The van der Waals surface area contributed by atoms with E-state index in [2.05, 4.69) is 20.9 Å². The molecule has 0 radical (unpaired) electrons. The number of thiazole rings is 1. The van der Waals surface area contributed by atoms with Gasteiger partial charge in [0.25, 0.3) is 5.91 Å². The quantitative estimate of drug-likeness (QED) is 0.596. The fraction of sp³-hybridized carbons (Fsp3) is 0.600. The molecule has 0 bridgehead atoms. The number of alkyl halides is 1. The van der Waals surface area contributed by atoms with Crippen LogP contribution in [0.4, 0.5) is 0 Å². The third kappa shape index (κ3) is 4.30. The first-order chi connectivity index (χ1) is 7.25. The summed E-state index contributed by atoms with van der Waals surface area (Å²) in [5, 5.41) is 2.83. The van der Waals surface area contributed by atoms with E-state index < -0.39 is 0 Å². The Kier molecular flexibility index (Phi) is 5.86. The van der Waals surface area contributed by atoms with Crippen LogP contribution in [0.3, 0.4) is 0 Å². The molecule has 0 spiro atoms. The molecule has 1 amide bonds. The van der Waals surface area contributed by atoms with E-state index in [9.17, 15) is 4.79 Å². The first-order valence-electron chi connectivity index (χ1n) is 4.95. The standard InChI is InChI=1S/C10H15BrN2OS/c1-13(6-4-2-3-5-11)10(14)9-7-15-8-12-9/h7-8H,2-6H2,1H3. The summed E-state index contributed by atoms with van der Waals surface area (Å²) in [4.78, 5) is 17.5. The second-order valence-corrected chi connectivity index (χ2v) is 4.86. The molecule has 5 heteroatoms. The van der Waals surface area contributed by atoms with Crippen LogP contribution in [0, 0.1) is 0 Å². The molecule has 0 aliphatic heterocycles. The third-order valence-corrected chi connectivity index (χ3v) is 3.27. The van der Waals surface area contributed by atoms with Gasteiger partial charge in [-0.25, -0.2) is 4.98 Å². The minimum absolute atomic E-state index is 0.0232. The summed E-state index contributed by atoms with van der Waals surface area (Å²) in [6.07, 6.45) is 3.37. The highest BCUT2D eigenvalue weighted by Gasteiger charge is 2.12. The van der Waals surface area contributed by atoms with E-state index in [1.807, 2.05) is 7.05 Å². The lowest BCUT2D eigenvalue weighted by Crippen LogP contribution is -2.27. The molecule has 0 aliphatic rings. The van der Waals surface area contributed by atoms with Gasteiger partial charge < -0.3 is 4.90 Å². The van der Waals surface area contributed by atoms with Crippen LogP contribution < -0.4 is 0 Å². The average molecular weight is 291 g/mol. The van der Waals surface area contributed by atoms with E-state index in [1.165, 1.54) is 17.8 Å². The van der Waals surface area contributed by atoms with Crippen molar-refractivity contribution in [1.29, 1.82) is 0 Å². The van der Waals surface area contributed by atoms with Crippen molar-refractivity contribution >= 4 is 33.2 Å². The zero-order valence-corrected chi connectivity index (χ0v) is 11.2. The molecule has 0 saturated carbocycles. The van der Waals surface area contributed by atoms with E-state index in [0.29, 0.717) is 5.69 Å². The van der Waals surface area contributed by atoms with Gasteiger partial charge in [-0.05, 0) is 12.8 Å². The van der Waals surface area contributed by atoms with Crippen LogP contribution in [-0.2, 0) is 0 Å². The van der Waals surface area contributed by atoms with E-state index in [1.54, 1.807) is 15.8 Å². The Bertz CT molecular complexity index is 290. The molecular weight excluding hydrogens is 276 g/mol. The summed E-state index contributed by atoms with van der Waals surface area (Å²) in [6, 6.07) is 0. The molecule has 1 aromatic rings. The maximum absolute atomic E-state index is 11.7. The van der Waals surface area contributed by atoms with Gasteiger partial charge in [-0.2, -0.15) is 0 Å².